The number of nitrogens with zero attached hydrogens (tertiary/aromatic N) is 1. The van der Waals surface area contributed by atoms with Crippen molar-refractivity contribution >= 4 is 18.3 Å². The van der Waals surface area contributed by atoms with Crippen LogP contribution in [-0.4, -0.2) is 48.7 Å². The highest BCUT2D eigenvalue weighted by molar-refractivity contribution is 5.85. The second kappa shape index (κ2) is 7.80. The van der Waals surface area contributed by atoms with Crippen LogP contribution in [0.5, 0.6) is 0 Å². The first-order valence-corrected chi connectivity index (χ1v) is 8.04. The van der Waals surface area contributed by atoms with Crippen molar-refractivity contribution in [1.29, 1.82) is 0 Å². The summed E-state index contributed by atoms with van der Waals surface area (Å²) in [4.78, 5) is 14.5. The summed E-state index contributed by atoms with van der Waals surface area (Å²) >= 11 is 0. The highest BCUT2D eigenvalue weighted by Gasteiger charge is 2.34. The van der Waals surface area contributed by atoms with Gasteiger partial charge in [-0.3, -0.25) is 4.79 Å². The van der Waals surface area contributed by atoms with E-state index in [1.165, 1.54) is 12.8 Å². The molecule has 1 amide bonds. The van der Waals surface area contributed by atoms with E-state index in [1.54, 1.807) is 0 Å². The van der Waals surface area contributed by atoms with Gasteiger partial charge in [-0.25, -0.2) is 0 Å². The fraction of sp³-hybridized carbons (Fsp3) is 0.938. The number of amides is 1. The average molecular weight is 319 g/mol. The summed E-state index contributed by atoms with van der Waals surface area (Å²) in [5.41, 5.74) is -0.219. The Bertz CT molecular complexity index is 343. The number of piperidine rings is 1. The van der Waals surface area contributed by atoms with E-state index < -0.39 is 0 Å². The molecule has 2 aliphatic rings. The first-order chi connectivity index (χ1) is 9.37. The molecule has 21 heavy (non-hydrogen) atoms. The third-order valence-electron chi connectivity index (χ3n) is 4.56. The van der Waals surface area contributed by atoms with Gasteiger partial charge in [-0.05, 0) is 58.5 Å². The van der Waals surface area contributed by atoms with Gasteiger partial charge in [-0.1, -0.05) is 6.92 Å². The molecular weight excluding hydrogens is 288 g/mol. The minimum Gasteiger partial charge on any atom is -0.369 e. The number of rotatable bonds is 3. The van der Waals surface area contributed by atoms with E-state index in [1.807, 2.05) is 4.90 Å². The van der Waals surface area contributed by atoms with Gasteiger partial charge in [0, 0.05) is 19.5 Å². The van der Waals surface area contributed by atoms with Crippen molar-refractivity contribution in [2.75, 3.05) is 26.2 Å². The topological polar surface area (TPSA) is 41.6 Å². The third-order valence-corrected chi connectivity index (χ3v) is 4.56. The van der Waals surface area contributed by atoms with E-state index in [9.17, 15) is 4.79 Å². The van der Waals surface area contributed by atoms with Crippen LogP contribution in [0.3, 0.4) is 0 Å². The number of hydrogen-bond donors (Lipinski definition) is 1. The molecule has 3 unspecified atom stereocenters. The van der Waals surface area contributed by atoms with Gasteiger partial charge in [-0.15, -0.1) is 12.4 Å². The van der Waals surface area contributed by atoms with Crippen molar-refractivity contribution in [2.24, 2.45) is 11.8 Å². The minimum absolute atomic E-state index is 0. The van der Waals surface area contributed by atoms with E-state index >= 15 is 0 Å². The first kappa shape index (κ1) is 18.7. The SMILES string of the molecule is CC1CN(C(=O)CC(C)C2CCCNC2)CC(C)(C)O1.Cl. The Hall–Kier alpha value is -0.320. The number of carbonyl (C=O) groups excluding carboxylic acids is 1. The lowest BCUT2D eigenvalue weighted by atomic mass is 9.85. The Kier molecular flexibility index (Phi) is 6.95. The van der Waals surface area contributed by atoms with Crippen LogP contribution < -0.4 is 5.32 Å². The zero-order valence-electron chi connectivity index (χ0n) is 13.9. The molecule has 2 rings (SSSR count). The number of carbonyl (C=O) groups is 1. The normalized spacial score (nSPS) is 30.4. The Morgan fingerprint density at radius 2 is 2.19 bits per heavy atom. The monoisotopic (exact) mass is 318 g/mol. The van der Waals surface area contributed by atoms with Crippen LogP contribution in [0, 0.1) is 11.8 Å². The van der Waals surface area contributed by atoms with Crippen molar-refractivity contribution in [1.82, 2.24) is 10.2 Å². The molecule has 1 N–H and O–H groups in total. The Morgan fingerprint density at radius 3 is 2.76 bits per heavy atom. The molecule has 2 heterocycles. The summed E-state index contributed by atoms with van der Waals surface area (Å²) < 4.78 is 5.87. The molecule has 0 aliphatic carbocycles. The maximum absolute atomic E-state index is 12.5. The average Bonchev–Trinajstić information content (AvgIpc) is 2.37. The zero-order valence-corrected chi connectivity index (χ0v) is 14.7. The van der Waals surface area contributed by atoms with Gasteiger partial charge < -0.3 is 15.0 Å². The molecule has 4 nitrogen and oxygen atoms in total. The maximum atomic E-state index is 12.5. The maximum Gasteiger partial charge on any atom is 0.223 e. The van der Waals surface area contributed by atoms with E-state index in [-0.39, 0.29) is 24.1 Å². The lowest BCUT2D eigenvalue weighted by molar-refractivity contribution is -0.159. The second-order valence-corrected chi connectivity index (χ2v) is 7.25. The van der Waals surface area contributed by atoms with Crippen LogP contribution in [-0.2, 0) is 9.53 Å². The summed E-state index contributed by atoms with van der Waals surface area (Å²) in [5, 5.41) is 3.44. The van der Waals surface area contributed by atoms with Gasteiger partial charge in [0.1, 0.15) is 0 Å². The molecule has 0 spiro atoms. The Labute approximate surface area is 135 Å². The van der Waals surface area contributed by atoms with E-state index in [2.05, 4.69) is 33.0 Å². The summed E-state index contributed by atoms with van der Waals surface area (Å²) in [6, 6.07) is 0. The standard InChI is InChI=1S/C16H30N2O2.ClH/c1-12(14-6-5-7-17-9-14)8-15(19)18-10-13(2)20-16(3,4)11-18;/h12-14,17H,5-11H2,1-4H3;1H. The summed E-state index contributed by atoms with van der Waals surface area (Å²) in [6.07, 6.45) is 3.31. The summed E-state index contributed by atoms with van der Waals surface area (Å²) in [5.74, 6) is 1.42. The molecule has 5 heteroatoms. The molecule has 0 bridgehead atoms. The molecular formula is C16H31ClN2O2. The van der Waals surface area contributed by atoms with Gasteiger partial charge in [0.2, 0.25) is 5.91 Å². The minimum atomic E-state index is -0.219. The number of nitrogens with one attached hydrogen (secondary N) is 1. The van der Waals surface area contributed by atoms with Crippen LogP contribution in [0.1, 0.15) is 47.0 Å². The van der Waals surface area contributed by atoms with Crippen molar-refractivity contribution in [3.8, 4) is 0 Å². The predicted molar refractivity (Wildman–Crippen MR) is 87.8 cm³/mol. The molecule has 0 saturated carbocycles. The van der Waals surface area contributed by atoms with Gasteiger partial charge in [0.15, 0.2) is 0 Å². The smallest absolute Gasteiger partial charge is 0.223 e. The van der Waals surface area contributed by atoms with Gasteiger partial charge in [-0.2, -0.15) is 0 Å². The molecule has 0 aromatic carbocycles. The van der Waals surface area contributed by atoms with Crippen molar-refractivity contribution in [2.45, 2.75) is 58.7 Å². The molecule has 124 valence electrons. The van der Waals surface area contributed by atoms with Crippen LogP contribution in [0.4, 0.5) is 0 Å². The van der Waals surface area contributed by atoms with E-state index in [0.29, 0.717) is 30.7 Å². The highest BCUT2D eigenvalue weighted by atomic mass is 35.5. The molecule has 0 aromatic heterocycles. The number of morpholine rings is 1. The quantitative estimate of drug-likeness (QED) is 0.869. The molecule has 2 fully saturated rings. The van der Waals surface area contributed by atoms with E-state index in [0.717, 1.165) is 19.6 Å². The summed E-state index contributed by atoms with van der Waals surface area (Å²) in [6.45, 7) is 12.1. The van der Waals surface area contributed by atoms with Crippen molar-refractivity contribution < 1.29 is 9.53 Å². The fourth-order valence-electron chi connectivity index (χ4n) is 3.58. The Morgan fingerprint density at radius 1 is 1.48 bits per heavy atom. The third kappa shape index (κ3) is 5.42. The molecule has 0 aromatic rings. The van der Waals surface area contributed by atoms with Gasteiger partial charge in [0.05, 0.1) is 11.7 Å². The largest absolute Gasteiger partial charge is 0.369 e. The predicted octanol–water partition coefficient (Wildman–Crippen LogP) is 2.46. The first-order valence-electron chi connectivity index (χ1n) is 8.04. The lowest BCUT2D eigenvalue weighted by Gasteiger charge is -2.42. The van der Waals surface area contributed by atoms with Crippen molar-refractivity contribution in [3.63, 3.8) is 0 Å². The molecule has 2 aliphatic heterocycles. The Balaban J connectivity index is 0.00000220. The van der Waals surface area contributed by atoms with Crippen LogP contribution >= 0.6 is 12.4 Å². The molecule has 3 atom stereocenters. The number of halogens is 1. The molecule has 2 saturated heterocycles. The van der Waals surface area contributed by atoms with E-state index in [4.69, 9.17) is 4.74 Å². The number of hydrogen-bond acceptors (Lipinski definition) is 3. The lowest BCUT2D eigenvalue weighted by Crippen LogP contribution is -2.54. The van der Waals surface area contributed by atoms with Gasteiger partial charge in [0.25, 0.3) is 0 Å². The number of ether oxygens (including phenoxy) is 1. The second-order valence-electron chi connectivity index (χ2n) is 7.25. The van der Waals surface area contributed by atoms with Crippen LogP contribution in [0.2, 0.25) is 0 Å². The molecule has 0 radical (unpaired) electrons. The van der Waals surface area contributed by atoms with Crippen LogP contribution in [0.15, 0.2) is 0 Å². The fourth-order valence-corrected chi connectivity index (χ4v) is 3.58. The summed E-state index contributed by atoms with van der Waals surface area (Å²) in [7, 11) is 0. The van der Waals surface area contributed by atoms with Crippen molar-refractivity contribution in [3.05, 3.63) is 0 Å². The zero-order chi connectivity index (χ0) is 14.8. The highest BCUT2D eigenvalue weighted by Crippen LogP contribution is 2.26. The van der Waals surface area contributed by atoms with Crippen LogP contribution in [0.25, 0.3) is 0 Å². The van der Waals surface area contributed by atoms with Gasteiger partial charge >= 0.3 is 0 Å².